The van der Waals surface area contributed by atoms with Gasteiger partial charge in [0.05, 0.1) is 20.9 Å². The number of nitrogens with zero attached hydrogens (tertiary/aromatic N) is 2. The molecule has 0 spiro atoms. The monoisotopic (exact) mass is 418 g/mol. The van der Waals surface area contributed by atoms with Crippen molar-refractivity contribution in [3.8, 4) is 0 Å². The molecule has 27 heavy (non-hydrogen) atoms. The lowest BCUT2D eigenvalue weighted by atomic mass is 9.88. The minimum absolute atomic E-state index is 0.123. The summed E-state index contributed by atoms with van der Waals surface area (Å²) >= 11 is 10.3. The van der Waals surface area contributed by atoms with Crippen LogP contribution in [-0.2, 0) is 11.2 Å². The van der Waals surface area contributed by atoms with E-state index in [2.05, 4.69) is 11.4 Å². The molecule has 0 saturated heterocycles. The first-order chi connectivity index (χ1) is 13.0. The van der Waals surface area contributed by atoms with E-state index in [4.69, 9.17) is 11.6 Å². The molecule has 1 aliphatic heterocycles. The van der Waals surface area contributed by atoms with E-state index in [1.54, 1.807) is 46.7 Å². The molecule has 0 saturated carbocycles. The van der Waals surface area contributed by atoms with Crippen molar-refractivity contribution in [2.24, 2.45) is 0 Å². The zero-order chi connectivity index (χ0) is 19.1. The van der Waals surface area contributed by atoms with E-state index in [9.17, 15) is 9.59 Å². The molecule has 4 rings (SSSR count). The van der Waals surface area contributed by atoms with Gasteiger partial charge in [0.15, 0.2) is 11.6 Å². The Hall–Kier alpha value is -1.50. The van der Waals surface area contributed by atoms with Crippen molar-refractivity contribution in [2.45, 2.75) is 42.1 Å². The Balaban J connectivity index is 1.83. The standard InChI is InChI=1S/C20H19ClN2O2S2/c1-11-9-12(18(21)13-10-16(26-2)27-20(11)13)19(25)17-14(5-3-6-15(17)24)23-8-4-7-22-23/h4,7-9,16H,3,5-6,10H2,1-2H3. The Kier molecular flexibility index (Phi) is 5.23. The fraction of sp³-hybridized carbons (Fsp3) is 0.350. The molecular formula is C20H19ClN2O2S2. The lowest BCUT2D eigenvalue weighted by Gasteiger charge is -2.20. The molecule has 2 aromatic rings. The highest BCUT2D eigenvalue weighted by Crippen LogP contribution is 2.47. The molecule has 4 nitrogen and oxygen atoms in total. The summed E-state index contributed by atoms with van der Waals surface area (Å²) in [6, 6.07) is 3.63. The van der Waals surface area contributed by atoms with Crippen molar-refractivity contribution in [2.75, 3.05) is 6.26 Å². The van der Waals surface area contributed by atoms with Crippen molar-refractivity contribution in [1.82, 2.24) is 9.78 Å². The SMILES string of the molecule is CSC1Cc2c(Cl)c(C(=O)C3=C(n4cccn4)CCCC3=O)cc(C)c2S1. The van der Waals surface area contributed by atoms with Crippen LogP contribution in [0, 0.1) is 6.92 Å². The highest BCUT2D eigenvalue weighted by Gasteiger charge is 2.33. The van der Waals surface area contributed by atoms with Crippen LogP contribution in [0.4, 0.5) is 0 Å². The molecule has 0 fully saturated rings. The predicted molar refractivity (Wildman–Crippen MR) is 112 cm³/mol. The second kappa shape index (κ2) is 7.49. The lowest BCUT2D eigenvalue weighted by Crippen LogP contribution is -2.22. The Morgan fingerprint density at radius 3 is 2.93 bits per heavy atom. The van der Waals surface area contributed by atoms with E-state index in [0.29, 0.717) is 33.7 Å². The largest absolute Gasteiger partial charge is 0.294 e. The molecule has 0 radical (unpaired) electrons. The van der Waals surface area contributed by atoms with E-state index >= 15 is 0 Å². The summed E-state index contributed by atoms with van der Waals surface area (Å²) in [7, 11) is 0. The van der Waals surface area contributed by atoms with Gasteiger partial charge in [-0.25, -0.2) is 4.68 Å². The van der Waals surface area contributed by atoms with Gasteiger partial charge in [0, 0.05) is 29.3 Å². The molecule has 2 heterocycles. The fourth-order valence-corrected chi connectivity index (χ4v) is 6.17. The molecule has 1 unspecified atom stereocenters. The number of aromatic nitrogens is 2. The van der Waals surface area contributed by atoms with Crippen LogP contribution < -0.4 is 0 Å². The molecule has 0 bridgehead atoms. The quantitative estimate of drug-likeness (QED) is 0.514. The first kappa shape index (κ1) is 18.8. The maximum Gasteiger partial charge on any atom is 0.199 e. The molecule has 0 amide bonds. The molecular weight excluding hydrogens is 400 g/mol. The van der Waals surface area contributed by atoms with E-state index in [1.807, 2.05) is 13.0 Å². The first-order valence-electron chi connectivity index (χ1n) is 8.83. The van der Waals surface area contributed by atoms with Crippen LogP contribution >= 0.6 is 35.1 Å². The third-order valence-electron chi connectivity index (χ3n) is 5.01. The van der Waals surface area contributed by atoms with Crippen LogP contribution in [0.15, 0.2) is 35.0 Å². The average Bonchev–Trinajstić information content (AvgIpc) is 3.33. The van der Waals surface area contributed by atoms with E-state index in [1.165, 1.54) is 4.90 Å². The summed E-state index contributed by atoms with van der Waals surface area (Å²) in [5.74, 6) is -0.402. The highest BCUT2D eigenvalue weighted by atomic mass is 35.5. The summed E-state index contributed by atoms with van der Waals surface area (Å²) in [5.41, 5.74) is 3.42. The van der Waals surface area contributed by atoms with Crippen LogP contribution in [0.5, 0.6) is 0 Å². The number of allylic oxidation sites excluding steroid dienone is 2. The van der Waals surface area contributed by atoms with Crippen LogP contribution in [0.25, 0.3) is 5.70 Å². The molecule has 1 atom stereocenters. The number of ketones is 2. The molecule has 140 valence electrons. The van der Waals surface area contributed by atoms with Crippen molar-refractivity contribution < 1.29 is 9.59 Å². The van der Waals surface area contributed by atoms with Gasteiger partial charge < -0.3 is 0 Å². The first-order valence-corrected chi connectivity index (χ1v) is 11.4. The number of hydrogen-bond donors (Lipinski definition) is 0. The van der Waals surface area contributed by atoms with Crippen molar-refractivity contribution >= 4 is 52.4 Å². The number of hydrogen-bond acceptors (Lipinski definition) is 5. The number of carbonyl (C=O) groups is 2. The summed E-state index contributed by atoms with van der Waals surface area (Å²) in [5, 5.41) is 4.73. The zero-order valence-corrected chi connectivity index (χ0v) is 17.5. The summed E-state index contributed by atoms with van der Waals surface area (Å²) in [6.07, 6.45) is 8.12. The molecule has 1 aliphatic carbocycles. The summed E-state index contributed by atoms with van der Waals surface area (Å²) in [4.78, 5) is 27.3. The van der Waals surface area contributed by atoms with Gasteiger partial charge in [0.1, 0.15) is 0 Å². The van der Waals surface area contributed by atoms with Crippen LogP contribution in [0.1, 0.15) is 40.7 Å². The number of Topliss-reactive ketones (excluding diaryl/α,β-unsaturated/α-hetero) is 2. The molecule has 0 N–H and O–H groups in total. The Labute approximate surface area is 171 Å². The number of thioether (sulfide) groups is 2. The number of halogens is 1. The molecule has 1 aromatic carbocycles. The second-order valence-electron chi connectivity index (χ2n) is 6.73. The Bertz CT molecular complexity index is 967. The average molecular weight is 419 g/mol. The number of benzene rings is 1. The molecule has 2 aliphatic rings. The third kappa shape index (κ3) is 3.28. The van der Waals surface area contributed by atoms with Gasteiger partial charge in [0.25, 0.3) is 0 Å². The van der Waals surface area contributed by atoms with Gasteiger partial charge in [-0.1, -0.05) is 11.6 Å². The van der Waals surface area contributed by atoms with Crippen LogP contribution in [0.3, 0.4) is 0 Å². The van der Waals surface area contributed by atoms with E-state index in [0.717, 1.165) is 24.0 Å². The van der Waals surface area contributed by atoms with Gasteiger partial charge in [-0.3, -0.25) is 9.59 Å². The molecule has 1 aromatic heterocycles. The maximum absolute atomic E-state index is 13.4. The summed E-state index contributed by atoms with van der Waals surface area (Å²) in [6.45, 7) is 2.01. The van der Waals surface area contributed by atoms with E-state index < -0.39 is 0 Å². The van der Waals surface area contributed by atoms with Crippen molar-refractivity contribution in [3.05, 3.63) is 51.8 Å². The van der Waals surface area contributed by atoms with Gasteiger partial charge in [0.2, 0.25) is 0 Å². The number of carbonyl (C=O) groups excluding carboxylic acids is 2. The number of rotatable bonds is 4. The highest BCUT2D eigenvalue weighted by molar-refractivity contribution is 8.17. The van der Waals surface area contributed by atoms with Gasteiger partial charge in [-0.15, -0.1) is 11.8 Å². The Morgan fingerprint density at radius 1 is 1.41 bits per heavy atom. The van der Waals surface area contributed by atoms with Gasteiger partial charge >= 0.3 is 0 Å². The second-order valence-corrected chi connectivity index (χ2v) is 9.66. The zero-order valence-electron chi connectivity index (χ0n) is 15.1. The normalized spacial score (nSPS) is 19.5. The van der Waals surface area contributed by atoms with Gasteiger partial charge in [-0.2, -0.15) is 16.9 Å². The predicted octanol–water partition coefficient (Wildman–Crippen LogP) is 5.03. The Morgan fingerprint density at radius 2 is 2.22 bits per heavy atom. The molecule has 7 heteroatoms. The summed E-state index contributed by atoms with van der Waals surface area (Å²) < 4.78 is 2.05. The van der Waals surface area contributed by atoms with E-state index in [-0.39, 0.29) is 17.1 Å². The van der Waals surface area contributed by atoms with Crippen LogP contribution in [0.2, 0.25) is 5.02 Å². The third-order valence-corrected chi connectivity index (χ3v) is 8.24. The van der Waals surface area contributed by atoms with Crippen molar-refractivity contribution in [3.63, 3.8) is 0 Å². The minimum Gasteiger partial charge on any atom is -0.294 e. The lowest BCUT2D eigenvalue weighted by molar-refractivity contribution is -0.115. The maximum atomic E-state index is 13.4. The number of fused-ring (bicyclic) bond motifs is 1. The van der Waals surface area contributed by atoms with Crippen molar-refractivity contribution in [1.29, 1.82) is 0 Å². The fourth-order valence-electron chi connectivity index (χ4n) is 3.71. The van der Waals surface area contributed by atoms with Crippen LogP contribution in [-0.4, -0.2) is 32.2 Å². The topological polar surface area (TPSA) is 52.0 Å². The minimum atomic E-state index is -0.279. The van der Waals surface area contributed by atoms with Gasteiger partial charge in [-0.05, 0) is 55.7 Å². The number of aryl methyl sites for hydroxylation is 1. The smallest absolute Gasteiger partial charge is 0.199 e.